The van der Waals surface area contributed by atoms with Crippen molar-refractivity contribution < 1.29 is 6.21 Å². The Bertz CT molecular complexity index is 304. The Morgan fingerprint density at radius 2 is 2.07 bits per heavy atom. The Morgan fingerprint density at radius 3 is 2.57 bits per heavy atom. The fraction of sp³-hybridized carbons (Fsp3) is 0.909. The quantitative estimate of drug-likeness (QED) is 0.694. The SMILES string of the molecule is [2H]N1C[C@@H]2C(C(=O)N(C)C3(C)CC3)[C@@H]2C1. The van der Waals surface area contributed by atoms with Gasteiger partial charge in [-0.3, -0.25) is 4.79 Å². The van der Waals surface area contributed by atoms with Crippen LogP contribution in [0, 0.1) is 17.8 Å². The monoisotopic (exact) mass is 195 g/mol. The first-order valence-corrected chi connectivity index (χ1v) is 5.54. The van der Waals surface area contributed by atoms with Crippen molar-refractivity contribution in [3.63, 3.8) is 0 Å². The second kappa shape index (κ2) is 2.51. The van der Waals surface area contributed by atoms with Crippen molar-refractivity contribution in [3.05, 3.63) is 0 Å². The second-order valence-electron chi connectivity index (χ2n) is 5.34. The molecule has 14 heavy (non-hydrogen) atoms. The lowest BCUT2D eigenvalue weighted by Gasteiger charge is -2.25. The first-order valence-electron chi connectivity index (χ1n) is 5.99. The number of hydrogen-bond acceptors (Lipinski definition) is 2. The smallest absolute Gasteiger partial charge is 0.226 e. The van der Waals surface area contributed by atoms with Crippen molar-refractivity contribution in [2.45, 2.75) is 25.3 Å². The molecule has 0 radical (unpaired) electrons. The molecule has 0 aromatic rings. The molecule has 3 rings (SSSR count). The third kappa shape index (κ3) is 1.05. The minimum Gasteiger partial charge on any atom is -0.340 e. The highest BCUT2D eigenvalue weighted by molar-refractivity contribution is 5.83. The van der Waals surface area contributed by atoms with E-state index in [0.29, 0.717) is 17.7 Å². The molecule has 1 N–H and O–H groups in total. The number of nitrogens with zero attached hydrogens (tertiary/aromatic N) is 1. The van der Waals surface area contributed by atoms with Crippen LogP contribution in [0.25, 0.3) is 0 Å². The van der Waals surface area contributed by atoms with E-state index in [1.165, 1.54) is 0 Å². The van der Waals surface area contributed by atoms with Gasteiger partial charge in [0.1, 0.15) is 1.41 Å². The van der Waals surface area contributed by atoms with E-state index in [9.17, 15) is 4.79 Å². The molecular formula is C11H18N2O. The normalized spacial score (nSPS) is 44.1. The highest BCUT2D eigenvalue weighted by atomic mass is 16.2. The summed E-state index contributed by atoms with van der Waals surface area (Å²) >= 11 is 0. The van der Waals surface area contributed by atoms with Crippen molar-refractivity contribution in [1.29, 1.82) is 0 Å². The zero-order chi connectivity index (χ0) is 10.8. The third-order valence-electron chi connectivity index (χ3n) is 4.41. The van der Waals surface area contributed by atoms with E-state index in [1.807, 2.05) is 11.9 Å². The van der Waals surface area contributed by atoms with Gasteiger partial charge in [-0.15, -0.1) is 0 Å². The van der Waals surface area contributed by atoms with Crippen LogP contribution in [0.5, 0.6) is 0 Å². The topological polar surface area (TPSA) is 32.3 Å². The van der Waals surface area contributed by atoms with Gasteiger partial charge < -0.3 is 10.2 Å². The molecule has 2 aliphatic carbocycles. The molecule has 3 atom stereocenters. The lowest BCUT2D eigenvalue weighted by Crippen LogP contribution is -2.39. The summed E-state index contributed by atoms with van der Waals surface area (Å²) in [5, 5.41) is 1.60. The number of nitrogens with one attached hydrogen (secondary N) is 1. The molecule has 3 nitrogen and oxygen atoms in total. The summed E-state index contributed by atoms with van der Waals surface area (Å²) in [5.74, 6) is 1.55. The predicted molar refractivity (Wildman–Crippen MR) is 53.7 cm³/mol. The minimum absolute atomic E-state index is 0.161. The summed E-state index contributed by atoms with van der Waals surface area (Å²) in [5.41, 5.74) is 0.161. The maximum Gasteiger partial charge on any atom is 0.226 e. The lowest BCUT2D eigenvalue weighted by molar-refractivity contribution is -0.134. The van der Waals surface area contributed by atoms with Crippen LogP contribution in [0.2, 0.25) is 1.41 Å². The van der Waals surface area contributed by atoms with Gasteiger partial charge in [0, 0.05) is 18.5 Å². The van der Waals surface area contributed by atoms with E-state index in [4.69, 9.17) is 1.41 Å². The van der Waals surface area contributed by atoms with E-state index in [2.05, 4.69) is 6.92 Å². The minimum atomic E-state index is 0.161. The first kappa shape index (κ1) is 7.69. The van der Waals surface area contributed by atoms with E-state index in [0.717, 1.165) is 25.9 Å². The summed E-state index contributed by atoms with van der Waals surface area (Å²) in [6.07, 6.45) is 2.31. The molecular weight excluding hydrogens is 176 g/mol. The summed E-state index contributed by atoms with van der Waals surface area (Å²) in [7, 11) is 1.95. The molecule has 0 aromatic heterocycles. The predicted octanol–water partition coefficient (Wildman–Crippen LogP) is 0.463. The molecule has 1 unspecified atom stereocenters. The van der Waals surface area contributed by atoms with Crippen LogP contribution in [0.3, 0.4) is 0 Å². The molecule has 2 saturated carbocycles. The van der Waals surface area contributed by atoms with Gasteiger partial charge in [0.15, 0.2) is 0 Å². The van der Waals surface area contributed by atoms with E-state index in [1.54, 1.807) is 5.31 Å². The molecule has 3 heteroatoms. The molecule has 1 amide bonds. The fourth-order valence-electron chi connectivity index (χ4n) is 2.69. The van der Waals surface area contributed by atoms with Gasteiger partial charge in [-0.05, 0) is 44.7 Å². The summed E-state index contributed by atoms with van der Waals surface area (Å²) in [6, 6.07) is 0. The van der Waals surface area contributed by atoms with E-state index in [-0.39, 0.29) is 11.5 Å². The zero-order valence-corrected chi connectivity index (χ0v) is 8.86. The van der Waals surface area contributed by atoms with Gasteiger partial charge >= 0.3 is 0 Å². The molecule has 0 spiro atoms. The summed E-state index contributed by atoms with van der Waals surface area (Å²) in [6.45, 7) is 3.76. The van der Waals surface area contributed by atoms with Gasteiger partial charge in [-0.2, -0.15) is 0 Å². The Hall–Kier alpha value is -0.570. The van der Waals surface area contributed by atoms with Crippen molar-refractivity contribution >= 4 is 5.91 Å². The maximum atomic E-state index is 12.2. The number of hydrogen-bond donors (Lipinski definition) is 1. The molecule has 1 aliphatic heterocycles. The Labute approximate surface area is 86.3 Å². The molecule has 78 valence electrons. The molecule has 3 fully saturated rings. The highest BCUT2D eigenvalue weighted by Crippen LogP contribution is 2.51. The van der Waals surface area contributed by atoms with Crippen molar-refractivity contribution in [2.24, 2.45) is 17.8 Å². The van der Waals surface area contributed by atoms with Crippen LogP contribution in [0.15, 0.2) is 0 Å². The zero-order valence-electron chi connectivity index (χ0n) is 9.86. The number of carbonyl (C=O) groups is 1. The number of amides is 1. The molecule has 0 bridgehead atoms. The van der Waals surface area contributed by atoms with Crippen LogP contribution in [0.4, 0.5) is 0 Å². The Morgan fingerprint density at radius 1 is 1.50 bits per heavy atom. The van der Waals surface area contributed by atoms with Crippen molar-refractivity contribution in [2.75, 3.05) is 20.1 Å². The van der Waals surface area contributed by atoms with Crippen molar-refractivity contribution in [1.82, 2.24) is 10.2 Å². The first-order chi connectivity index (χ1) is 7.03. The van der Waals surface area contributed by atoms with E-state index < -0.39 is 0 Å². The largest absolute Gasteiger partial charge is 0.340 e. The molecule has 1 heterocycles. The van der Waals surface area contributed by atoms with Crippen LogP contribution in [0.1, 0.15) is 19.8 Å². The number of rotatable bonds is 2. The average Bonchev–Trinajstić information content (AvgIpc) is 3.04. The van der Waals surface area contributed by atoms with Gasteiger partial charge in [0.05, 0.1) is 0 Å². The third-order valence-corrected chi connectivity index (χ3v) is 4.41. The molecule has 0 aromatic carbocycles. The number of carbonyl (C=O) groups excluding carboxylic acids is 1. The van der Waals surface area contributed by atoms with Gasteiger partial charge in [-0.1, -0.05) is 0 Å². The molecule has 3 aliphatic rings. The number of fused-ring (bicyclic) bond motifs is 1. The van der Waals surface area contributed by atoms with Crippen LogP contribution < -0.4 is 5.31 Å². The highest BCUT2D eigenvalue weighted by Gasteiger charge is 2.59. The summed E-state index contributed by atoms with van der Waals surface area (Å²) < 4.78 is 7.47. The Kier molecular flexibility index (Phi) is 1.38. The lowest BCUT2D eigenvalue weighted by atomic mass is 10.2. The maximum absolute atomic E-state index is 12.2. The van der Waals surface area contributed by atoms with Gasteiger partial charge in [-0.25, -0.2) is 0 Å². The molecule has 1 saturated heterocycles. The van der Waals surface area contributed by atoms with Crippen LogP contribution in [-0.2, 0) is 4.79 Å². The second-order valence-corrected chi connectivity index (χ2v) is 5.34. The number of piperidine rings is 1. The van der Waals surface area contributed by atoms with Crippen molar-refractivity contribution in [3.8, 4) is 0 Å². The fourth-order valence-corrected chi connectivity index (χ4v) is 2.69. The van der Waals surface area contributed by atoms with Crippen LogP contribution in [-0.4, -0.2) is 36.5 Å². The van der Waals surface area contributed by atoms with Gasteiger partial charge in [0.2, 0.25) is 5.91 Å². The standard InChI is InChI=1S/C11H18N2O/c1-11(3-4-11)13(2)10(14)9-7-5-12-6-8(7)9/h7-9,12H,3-6H2,1-2H3/t7-,8+,9?/i/hD. The van der Waals surface area contributed by atoms with E-state index >= 15 is 0 Å². The Balaban J connectivity index is 1.63. The van der Waals surface area contributed by atoms with Crippen LogP contribution >= 0.6 is 0 Å². The summed E-state index contributed by atoms with van der Waals surface area (Å²) in [4.78, 5) is 14.1. The average molecular weight is 195 g/mol. The van der Waals surface area contributed by atoms with Gasteiger partial charge in [0.25, 0.3) is 0 Å².